The lowest BCUT2D eigenvalue weighted by Crippen LogP contribution is -2.29. The van der Waals surface area contributed by atoms with Gasteiger partial charge in [-0.05, 0) is 43.0 Å². The van der Waals surface area contributed by atoms with Crippen molar-refractivity contribution in [2.45, 2.75) is 38.6 Å². The fourth-order valence-corrected chi connectivity index (χ4v) is 2.82. The molecule has 0 radical (unpaired) electrons. The van der Waals surface area contributed by atoms with Gasteiger partial charge in [0, 0.05) is 37.3 Å². The first-order valence-electron chi connectivity index (χ1n) is 7.32. The van der Waals surface area contributed by atoms with E-state index in [1.807, 2.05) is 42.0 Å². The Balaban J connectivity index is 1.83. The van der Waals surface area contributed by atoms with Gasteiger partial charge in [0.2, 0.25) is 5.91 Å². The zero-order chi connectivity index (χ0) is 14.3. The quantitative estimate of drug-likeness (QED) is 0.846. The zero-order valence-electron chi connectivity index (χ0n) is 12.1. The van der Waals surface area contributed by atoms with Crippen LogP contribution in [0.5, 0.6) is 0 Å². The van der Waals surface area contributed by atoms with Crippen molar-refractivity contribution in [2.75, 3.05) is 18.5 Å². The third-order valence-corrected chi connectivity index (χ3v) is 4.24. The summed E-state index contributed by atoms with van der Waals surface area (Å²) in [6, 6.07) is 6.15. The summed E-state index contributed by atoms with van der Waals surface area (Å²) in [6.45, 7) is 2.61. The van der Waals surface area contributed by atoms with Crippen LogP contribution in [0.4, 0.5) is 5.69 Å². The van der Waals surface area contributed by atoms with E-state index in [1.54, 1.807) is 0 Å². The first-order valence-corrected chi connectivity index (χ1v) is 7.32. The maximum Gasteiger partial charge on any atom is 0.253 e. The lowest BCUT2D eigenvalue weighted by atomic mass is 10.1. The normalized spacial score (nSPS) is 17.0. The van der Waals surface area contributed by atoms with Gasteiger partial charge in [0.05, 0.1) is 0 Å². The summed E-state index contributed by atoms with van der Waals surface area (Å²) >= 11 is 0. The number of rotatable bonds is 3. The van der Waals surface area contributed by atoms with E-state index in [0.29, 0.717) is 12.5 Å². The van der Waals surface area contributed by atoms with E-state index in [1.165, 1.54) is 0 Å². The molecule has 3 rings (SSSR count). The molecule has 1 aliphatic carbocycles. The van der Waals surface area contributed by atoms with E-state index < -0.39 is 0 Å². The molecule has 1 aliphatic heterocycles. The third kappa shape index (κ3) is 2.19. The van der Waals surface area contributed by atoms with Crippen LogP contribution in [0.15, 0.2) is 18.2 Å². The Kier molecular flexibility index (Phi) is 3.24. The Bertz CT molecular complexity index is 564. The van der Waals surface area contributed by atoms with Crippen LogP contribution in [0, 0.1) is 0 Å². The molecule has 4 nitrogen and oxygen atoms in total. The predicted molar refractivity (Wildman–Crippen MR) is 77.9 cm³/mol. The summed E-state index contributed by atoms with van der Waals surface area (Å²) in [6.07, 6.45) is 3.60. The maximum atomic E-state index is 12.3. The number of hydrogen-bond donors (Lipinski definition) is 0. The number of carbonyl (C=O) groups is 2. The first-order chi connectivity index (χ1) is 9.61. The summed E-state index contributed by atoms with van der Waals surface area (Å²) in [5.74, 6) is 0.244. The van der Waals surface area contributed by atoms with Crippen LogP contribution in [-0.2, 0) is 11.2 Å². The lowest BCUT2D eigenvalue weighted by Gasteiger charge is -2.18. The highest BCUT2D eigenvalue weighted by Crippen LogP contribution is 2.31. The van der Waals surface area contributed by atoms with E-state index in [9.17, 15) is 9.59 Å². The van der Waals surface area contributed by atoms with Crippen molar-refractivity contribution < 1.29 is 9.59 Å². The summed E-state index contributed by atoms with van der Waals surface area (Å²) in [4.78, 5) is 27.9. The summed E-state index contributed by atoms with van der Waals surface area (Å²) in [7, 11) is 1.88. The highest BCUT2D eigenvalue weighted by molar-refractivity contribution is 5.98. The molecule has 1 saturated carbocycles. The predicted octanol–water partition coefficient (Wildman–Crippen LogP) is 2.22. The molecule has 0 spiro atoms. The molecule has 2 amide bonds. The van der Waals surface area contributed by atoms with Gasteiger partial charge in [-0.3, -0.25) is 9.59 Å². The Morgan fingerprint density at radius 1 is 1.35 bits per heavy atom. The molecule has 1 fully saturated rings. The summed E-state index contributed by atoms with van der Waals surface area (Å²) < 4.78 is 0. The number of carbonyl (C=O) groups excluding carboxylic acids is 2. The molecule has 0 N–H and O–H groups in total. The second-order valence-electron chi connectivity index (χ2n) is 5.64. The molecule has 1 heterocycles. The molecule has 0 bridgehead atoms. The molecule has 0 saturated heterocycles. The number of hydrogen-bond acceptors (Lipinski definition) is 2. The smallest absolute Gasteiger partial charge is 0.253 e. The maximum absolute atomic E-state index is 12.3. The van der Waals surface area contributed by atoms with Crippen LogP contribution in [0.2, 0.25) is 0 Å². The highest BCUT2D eigenvalue weighted by atomic mass is 16.2. The number of benzene rings is 1. The minimum atomic E-state index is 0.0931. The van der Waals surface area contributed by atoms with E-state index in [4.69, 9.17) is 0 Å². The fourth-order valence-electron chi connectivity index (χ4n) is 2.82. The number of amides is 2. The summed E-state index contributed by atoms with van der Waals surface area (Å²) in [5, 5.41) is 0. The SMILES string of the molecule is CCC(=O)N1CCc2cc(C(=O)N(C)C3CC3)ccc21. The van der Waals surface area contributed by atoms with Crippen LogP contribution < -0.4 is 4.90 Å². The highest BCUT2D eigenvalue weighted by Gasteiger charge is 2.31. The molecule has 2 aliphatic rings. The molecule has 0 aromatic heterocycles. The molecule has 0 atom stereocenters. The number of anilines is 1. The average Bonchev–Trinajstić information content (AvgIpc) is 3.24. The molecular formula is C16H20N2O2. The standard InChI is InChI=1S/C16H20N2O2/c1-3-15(19)18-9-8-11-10-12(4-7-14(11)18)16(20)17(2)13-5-6-13/h4,7,10,13H,3,5-6,8-9H2,1-2H3. The largest absolute Gasteiger partial charge is 0.339 e. The Morgan fingerprint density at radius 2 is 2.10 bits per heavy atom. The third-order valence-electron chi connectivity index (χ3n) is 4.24. The van der Waals surface area contributed by atoms with E-state index >= 15 is 0 Å². The van der Waals surface area contributed by atoms with Crippen molar-refractivity contribution in [2.24, 2.45) is 0 Å². The molecule has 20 heavy (non-hydrogen) atoms. The van der Waals surface area contributed by atoms with Gasteiger partial charge in [-0.25, -0.2) is 0 Å². The van der Waals surface area contributed by atoms with Crippen molar-refractivity contribution >= 4 is 17.5 Å². The first kappa shape index (κ1) is 13.2. The van der Waals surface area contributed by atoms with Crippen molar-refractivity contribution in [3.63, 3.8) is 0 Å². The average molecular weight is 272 g/mol. The van der Waals surface area contributed by atoms with Crippen molar-refractivity contribution in [1.29, 1.82) is 0 Å². The minimum Gasteiger partial charge on any atom is -0.339 e. The van der Waals surface area contributed by atoms with Crippen LogP contribution in [0.25, 0.3) is 0 Å². The Labute approximate surface area is 119 Å². The van der Waals surface area contributed by atoms with Crippen LogP contribution in [0.3, 0.4) is 0 Å². The Morgan fingerprint density at radius 3 is 2.75 bits per heavy atom. The van der Waals surface area contributed by atoms with Gasteiger partial charge < -0.3 is 9.80 Å². The van der Waals surface area contributed by atoms with Crippen molar-refractivity contribution in [1.82, 2.24) is 4.90 Å². The van der Waals surface area contributed by atoms with Crippen molar-refractivity contribution in [3.8, 4) is 0 Å². The number of nitrogens with zero attached hydrogens (tertiary/aromatic N) is 2. The van der Waals surface area contributed by atoms with Gasteiger partial charge in [-0.2, -0.15) is 0 Å². The molecule has 106 valence electrons. The monoisotopic (exact) mass is 272 g/mol. The van der Waals surface area contributed by atoms with Gasteiger partial charge in [0.1, 0.15) is 0 Å². The van der Waals surface area contributed by atoms with Crippen LogP contribution in [0.1, 0.15) is 42.1 Å². The van der Waals surface area contributed by atoms with E-state index in [0.717, 1.165) is 42.6 Å². The molecule has 4 heteroatoms. The lowest BCUT2D eigenvalue weighted by molar-refractivity contribution is -0.118. The molecule has 0 unspecified atom stereocenters. The van der Waals surface area contributed by atoms with E-state index in [2.05, 4.69) is 0 Å². The van der Waals surface area contributed by atoms with Gasteiger partial charge in [0.15, 0.2) is 0 Å². The fraction of sp³-hybridized carbons (Fsp3) is 0.500. The number of fused-ring (bicyclic) bond motifs is 1. The Hall–Kier alpha value is -1.84. The second kappa shape index (κ2) is 4.93. The van der Waals surface area contributed by atoms with Gasteiger partial charge in [-0.1, -0.05) is 6.92 Å². The van der Waals surface area contributed by atoms with Crippen LogP contribution >= 0.6 is 0 Å². The second-order valence-corrected chi connectivity index (χ2v) is 5.64. The molecular weight excluding hydrogens is 252 g/mol. The summed E-state index contributed by atoms with van der Waals surface area (Å²) in [5.41, 5.74) is 2.83. The topological polar surface area (TPSA) is 40.6 Å². The van der Waals surface area contributed by atoms with Crippen molar-refractivity contribution in [3.05, 3.63) is 29.3 Å². The van der Waals surface area contributed by atoms with Gasteiger partial charge in [-0.15, -0.1) is 0 Å². The molecule has 1 aromatic carbocycles. The zero-order valence-corrected chi connectivity index (χ0v) is 12.1. The molecule has 1 aromatic rings. The van der Waals surface area contributed by atoms with Crippen LogP contribution in [-0.4, -0.2) is 36.3 Å². The van der Waals surface area contributed by atoms with E-state index in [-0.39, 0.29) is 11.8 Å². The van der Waals surface area contributed by atoms with Gasteiger partial charge >= 0.3 is 0 Å². The van der Waals surface area contributed by atoms with Gasteiger partial charge in [0.25, 0.3) is 5.91 Å². The minimum absolute atomic E-state index is 0.0931.